The van der Waals surface area contributed by atoms with E-state index in [1.807, 2.05) is 19.9 Å². The van der Waals surface area contributed by atoms with Gasteiger partial charge in [0.1, 0.15) is 11.5 Å². The van der Waals surface area contributed by atoms with Crippen LogP contribution in [0.25, 0.3) is 11.5 Å². The molecule has 0 atom stereocenters. The minimum absolute atomic E-state index is 0.0228. The van der Waals surface area contributed by atoms with Crippen LogP contribution in [0.1, 0.15) is 23.8 Å². The van der Waals surface area contributed by atoms with Gasteiger partial charge in [-0.25, -0.2) is 0 Å². The van der Waals surface area contributed by atoms with Crippen molar-refractivity contribution in [3.8, 4) is 11.5 Å². The topological polar surface area (TPSA) is 89.4 Å². The Morgan fingerprint density at radius 3 is 2.71 bits per heavy atom. The van der Waals surface area contributed by atoms with E-state index in [1.165, 1.54) is 0 Å². The first-order chi connectivity index (χ1) is 8.06. The van der Waals surface area contributed by atoms with Gasteiger partial charge >= 0.3 is 5.97 Å². The Bertz CT molecular complexity index is 541. The number of carbonyl (C=O) groups is 1. The number of furan rings is 1. The van der Waals surface area contributed by atoms with E-state index in [2.05, 4.69) is 10.2 Å². The summed E-state index contributed by atoms with van der Waals surface area (Å²) in [4.78, 5) is 10.4. The molecule has 2 heterocycles. The first-order valence-corrected chi connectivity index (χ1v) is 5.18. The second kappa shape index (κ2) is 4.40. The van der Waals surface area contributed by atoms with Gasteiger partial charge < -0.3 is 13.9 Å². The molecule has 6 nitrogen and oxygen atoms in total. The molecule has 0 fully saturated rings. The normalized spacial score (nSPS) is 10.7. The summed E-state index contributed by atoms with van der Waals surface area (Å²) in [5.41, 5.74) is 0.747. The molecule has 6 heteroatoms. The van der Waals surface area contributed by atoms with Crippen molar-refractivity contribution in [2.24, 2.45) is 0 Å². The molecular formula is C11H12N2O4. The molecule has 0 amide bonds. The highest BCUT2D eigenvalue weighted by Crippen LogP contribution is 2.25. The number of aromatic nitrogens is 2. The molecule has 0 saturated carbocycles. The van der Waals surface area contributed by atoms with E-state index in [0.717, 1.165) is 11.3 Å². The maximum absolute atomic E-state index is 10.4. The summed E-state index contributed by atoms with van der Waals surface area (Å²) in [6.45, 7) is 3.64. The van der Waals surface area contributed by atoms with Crippen LogP contribution in [0.4, 0.5) is 0 Å². The largest absolute Gasteiger partial charge is 0.481 e. The average molecular weight is 236 g/mol. The summed E-state index contributed by atoms with van der Waals surface area (Å²) in [6, 6.07) is 1.81. The highest BCUT2D eigenvalue weighted by Gasteiger charge is 2.14. The number of aliphatic carboxylic acids is 1. The molecule has 0 bridgehead atoms. The van der Waals surface area contributed by atoms with Crippen LogP contribution < -0.4 is 0 Å². The Balaban J connectivity index is 2.18. The fourth-order valence-corrected chi connectivity index (χ4v) is 1.52. The molecule has 0 saturated heterocycles. The van der Waals surface area contributed by atoms with Crippen molar-refractivity contribution in [3.05, 3.63) is 23.5 Å². The Morgan fingerprint density at radius 2 is 2.12 bits per heavy atom. The Morgan fingerprint density at radius 1 is 1.35 bits per heavy atom. The number of hydrogen-bond donors (Lipinski definition) is 1. The van der Waals surface area contributed by atoms with E-state index in [0.29, 0.717) is 17.5 Å². The lowest BCUT2D eigenvalue weighted by Gasteiger charge is -1.90. The van der Waals surface area contributed by atoms with Gasteiger partial charge in [0.2, 0.25) is 5.89 Å². The van der Waals surface area contributed by atoms with Crippen molar-refractivity contribution in [2.45, 2.75) is 26.7 Å². The molecule has 0 aromatic carbocycles. The summed E-state index contributed by atoms with van der Waals surface area (Å²) in [6.07, 6.45) is 0.212. The SMILES string of the molecule is Cc1cc(-c2nnc(CCC(=O)O)o2)c(C)o1. The lowest BCUT2D eigenvalue weighted by atomic mass is 10.2. The van der Waals surface area contributed by atoms with Crippen LogP contribution in [0.5, 0.6) is 0 Å². The molecule has 2 aromatic heterocycles. The van der Waals surface area contributed by atoms with Crippen molar-refractivity contribution in [2.75, 3.05) is 0 Å². The Kier molecular flexibility index (Phi) is 2.95. The summed E-state index contributed by atoms with van der Waals surface area (Å²) < 4.78 is 10.7. The maximum atomic E-state index is 10.4. The molecular weight excluding hydrogens is 224 g/mol. The van der Waals surface area contributed by atoms with Gasteiger partial charge in [0, 0.05) is 6.42 Å². The fraction of sp³-hybridized carbons (Fsp3) is 0.364. The third-order valence-electron chi connectivity index (χ3n) is 2.29. The number of aryl methyl sites for hydroxylation is 3. The molecule has 2 aromatic rings. The second-order valence-corrected chi connectivity index (χ2v) is 3.72. The quantitative estimate of drug-likeness (QED) is 0.872. The molecule has 2 rings (SSSR count). The number of hydrogen-bond acceptors (Lipinski definition) is 5. The van der Waals surface area contributed by atoms with E-state index in [4.69, 9.17) is 13.9 Å². The van der Waals surface area contributed by atoms with E-state index >= 15 is 0 Å². The van der Waals surface area contributed by atoms with E-state index in [9.17, 15) is 4.79 Å². The fourth-order valence-electron chi connectivity index (χ4n) is 1.52. The lowest BCUT2D eigenvalue weighted by Crippen LogP contribution is -1.97. The number of nitrogens with zero attached hydrogens (tertiary/aromatic N) is 2. The van der Waals surface area contributed by atoms with Crippen molar-refractivity contribution in [3.63, 3.8) is 0 Å². The number of carboxylic acids is 1. The first-order valence-electron chi connectivity index (χ1n) is 5.18. The molecule has 17 heavy (non-hydrogen) atoms. The Hall–Kier alpha value is -2.11. The van der Waals surface area contributed by atoms with Gasteiger partial charge in [-0.15, -0.1) is 10.2 Å². The minimum atomic E-state index is -0.889. The molecule has 0 aliphatic carbocycles. The third kappa shape index (κ3) is 2.52. The zero-order valence-electron chi connectivity index (χ0n) is 9.56. The van der Waals surface area contributed by atoms with Crippen molar-refractivity contribution in [1.82, 2.24) is 10.2 Å². The van der Waals surface area contributed by atoms with Gasteiger partial charge in [-0.3, -0.25) is 4.79 Å². The van der Waals surface area contributed by atoms with Gasteiger partial charge in [-0.2, -0.15) is 0 Å². The third-order valence-corrected chi connectivity index (χ3v) is 2.29. The van der Waals surface area contributed by atoms with E-state index in [-0.39, 0.29) is 12.8 Å². The molecule has 0 unspecified atom stereocenters. The van der Waals surface area contributed by atoms with Gasteiger partial charge in [-0.05, 0) is 19.9 Å². The van der Waals surface area contributed by atoms with Gasteiger partial charge in [0.25, 0.3) is 5.89 Å². The van der Waals surface area contributed by atoms with Crippen LogP contribution in [0.3, 0.4) is 0 Å². The highest BCUT2D eigenvalue weighted by molar-refractivity contribution is 5.66. The van der Waals surface area contributed by atoms with Crippen molar-refractivity contribution >= 4 is 5.97 Å². The van der Waals surface area contributed by atoms with Crippen LogP contribution in [0.2, 0.25) is 0 Å². The van der Waals surface area contributed by atoms with Crippen molar-refractivity contribution in [1.29, 1.82) is 0 Å². The monoisotopic (exact) mass is 236 g/mol. The van der Waals surface area contributed by atoms with Crippen LogP contribution in [0.15, 0.2) is 14.9 Å². The first kappa shape index (κ1) is 11.4. The van der Waals surface area contributed by atoms with Crippen LogP contribution in [-0.4, -0.2) is 21.3 Å². The zero-order valence-corrected chi connectivity index (χ0v) is 9.56. The van der Waals surface area contributed by atoms with Crippen molar-refractivity contribution < 1.29 is 18.7 Å². The molecule has 0 aliphatic rings. The predicted molar refractivity (Wildman–Crippen MR) is 57.4 cm³/mol. The molecule has 0 radical (unpaired) electrons. The smallest absolute Gasteiger partial charge is 0.303 e. The van der Waals surface area contributed by atoms with Gasteiger partial charge in [0.15, 0.2) is 0 Å². The molecule has 0 aliphatic heterocycles. The summed E-state index contributed by atoms with van der Waals surface area (Å²) >= 11 is 0. The number of carboxylic acid groups (broad SMARTS) is 1. The van der Waals surface area contributed by atoms with E-state index < -0.39 is 5.97 Å². The van der Waals surface area contributed by atoms with Crippen LogP contribution >= 0.6 is 0 Å². The van der Waals surface area contributed by atoms with Gasteiger partial charge in [0.05, 0.1) is 12.0 Å². The zero-order chi connectivity index (χ0) is 12.4. The van der Waals surface area contributed by atoms with E-state index in [1.54, 1.807) is 0 Å². The Labute approximate surface area is 97.3 Å². The average Bonchev–Trinajstić information content (AvgIpc) is 2.82. The highest BCUT2D eigenvalue weighted by atomic mass is 16.4. The maximum Gasteiger partial charge on any atom is 0.303 e. The second-order valence-electron chi connectivity index (χ2n) is 3.72. The summed E-state index contributed by atoms with van der Waals surface area (Å²) in [5.74, 6) is 1.26. The summed E-state index contributed by atoms with van der Waals surface area (Å²) in [5, 5.41) is 16.2. The van der Waals surface area contributed by atoms with Gasteiger partial charge in [-0.1, -0.05) is 0 Å². The molecule has 0 spiro atoms. The predicted octanol–water partition coefficient (Wildman–Crippen LogP) is 1.96. The number of rotatable bonds is 4. The van der Waals surface area contributed by atoms with Crippen LogP contribution in [0, 0.1) is 13.8 Å². The molecule has 1 N–H and O–H groups in total. The summed E-state index contributed by atoms with van der Waals surface area (Å²) in [7, 11) is 0. The molecule has 90 valence electrons. The lowest BCUT2D eigenvalue weighted by molar-refractivity contribution is -0.137. The minimum Gasteiger partial charge on any atom is -0.481 e. The standard InChI is InChI=1S/C11H12N2O4/c1-6-5-8(7(2)16-6)11-13-12-9(17-11)3-4-10(14)15/h5H,3-4H2,1-2H3,(H,14,15). The van der Waals surface area contributed by atoms with Crippen LogP contribution in [-0.2, 0) is 11.2 Å².